The van der Waals surface area contributed by atoms with Crippen LogP contribution >= 0.6 is 0 Å². The molecule has 0 amide bonds. The molecule has 0 aromatic rings. The molecule has 0 aliphatic rings. The van der Waals surface area contributed by atoms with E-state index in [-0.39, 0.29) is 0 Å². The molecule has 0 aliphatic carbocycles. The summed E-state index contributed by atoms with van der Waals surface area (Å²) >= 11 is 0. The van der Waals surface area contributed by atoms with Crippen molar-refractivity contribution in [3.63, 3.8) is 0 Å². The number of hydrogen-bond acceptors (Lipinski definition) is 1. The normalized spacial score (nSPS) is 12.0. The average Bonchev–Trinajstić information content (AvgIpc) is 2.20. The van der Waals surface area contributed by atoms with Gasteiger partial charge >= 0.3 is 0 Å². The first-order valence-corrected chi connectivity index (χ1v) is 5.87. The lowest BCUT2D eigenvalue weighted by Gasteiger charge is -2.07. The minimum absolute atomic E-state index is 0.626. The summed E-state index contributed by atoms with van der Waals surface area (Å²) in [6.07, 6.45) is 11.2. The van der Waals surface area contributed by atoms with Crippen LogP contribution in [0.3, 0.4) is 0 Å². The van der Waals surface area contributed by atoms with E-state index in [0.29, 0.717) is 5.92 Å². The fourth-order valence-corrected chi connectivity index (χ4v) is 1.39. The van der Waals surface area contributed by atoms with Crippen molar-refractivity contribution in [3.8, 4) is 0 Å². The molecule has 0 radical (unpaired) electrons. The van der Waals surface area contributed by atoms with Crippen LogP contribution in [0.25, 0.3) is 0 Å². The second-order valence-electron chi connectivity index (χ2n) is 4.23. The maximum Gasteiger partial charge on any atom is 0.0232 e. The number of hydrogen-bond donors (Lipinski definition) is 0. The molecule has 86 valence electrons. The Morgan fingerprint density at radius 2 is 2.13 bits per heavy atom. The van der Waals surface area contributed by atoms with Gasteiger partial charge in [0.25, 0.3) is 0 Å². The first-order valence-electron chi connectivity index (χ1n) is 5.87. The number of rotatable bonds is 8. The lowest BCUT2D eigenvalue weighted by molar-refractivity contribution is 0.456. The van der Waals surface area contributed by atoms with Crippen molar-refractivity contribution in [2.24, 2.45) is 5.92 Å². The summed E-state index contributed by atoms with van der Waals surface area (Å²) in [6, 6.07) is 0. The molecule has 15 heavy (non-hydrogen) atoms. The van der Waals surface area contributed by atoms with Crippen molar-refractivity contribution in [2.75, 3.05) is 20.6 Å². The van der Waals surface area contributed by atoms with Crippen molar-refractivity contribution in [2.45, 2.75) is 32.6 Å². The van der Waals surface area contributed by atoms with Crippen molar-refractivity contribution >= 4 is 0 Å². The van der Waals surface area contributed by atoms with Crippen LogP contribution in [-0.2, 0) is 0 Å². The molecule has 0 saturated carbocycles. The molecular formula is C14H25N. The fourth-order valence-electron chi connectivity index (χ4n) is 1.39. The summed E-state index contributed by atoms with van der Waals surface area (Å²) in [4.78, 5) is 2.13. The maximum absolute atomic E-state index is 3.80. The predicted molar refractivity (Wildman–Crippen MR) is 69.0 cm³/mol. The van der Waals surface area contributed by atoms with Crippen LogP contribution in [0.15, 0.2) is 30.5 Å². The fraction of sp³-hybridized carbons (Fsp3) is 0.643. The third-order valence-corrected chi connectivity index (χ3v) is 2.30. The van der Waals surface area contributed by atoms with E-state index in [0.717, 1.165) is 13.0 Å². The van der Waals surface area contributed by atoms with Crippen LogP contribution in [0, 0.1) is 5.92 Å². The third kappa shape index (κ3) is 9.52. The van der Waals surface area contributed by atoms with Gasteiger partial charge in [-0.05, 0) is 45.0 Å². The van der Waals surface area contributed by atoms with E-state index in [2.05, 4.69) is 50.4 Å². The molecular weight excluding hydrogens is 182 g/mol. The van der Waals surface area contributed by atoms with Crippen LogP contribution in [0.5, 0.6) is 0 Å². The molecule has 0 spiro atoms. The van der Waals surface area contributed by atoms with Gasteiger partial charge in [0, 0.05) is 6.54 Å². The minimum Gasteiger partial charge on any atom is -0.305 e. The van der Waals surface area contributed by atoms with E-state index < -0.39 is 0 Å². The van der Waals surface area contributed by atoms with E-state index in [1.165, 1.54) is 19.3 Å². The van der Waals surface area contributed by atoms with Gasteiger partial charge < -0.3 is 4.90 Å². The lowest BCUT2D eigenvalue weighted by Crippen LogP contribution is -2.10. The summed E-state index contributed by atoms with van der Waals surface area (Å²) in [6.45, 7) is 6.99. The van der Waals surface area contributed by atoms with Crippen molar-refractivity contribution in [1.29, 1.82) is 0 Å². The Balaban J connectivity index is 4.01. The highest BCUT2D eigenvalue weighted by Crippen LogP contribution is 2.14. The molecule has 0 aliphatic heterocycles. The molecule has 1 heteroatoms. The first kappa shape index (κ1) is 14.2. The largest absolute Gasteiger partial charge is 0.305 e. The Kier molecular flexibility index (Phi) is 9.26. The van der Waals surface area contributed by atoms with Crippen LogP contribution in [-0.4, -0.2) is 25.5 Å². The van der Waals surface area contributed by atoms with Crippen LogP contribution < -0.4 is 0 Å². The van der Waals surface area contributed by atoms with Gasteiger partial charge in [-0.3, -0.25) is 0 Å². The molecule has 0 fully saturated rings. The second kappa shape index (κ2) is 9.76. The summed E-state index contributed by atoms with van der Waals surface area (Å²) in [5.74, 6) is 0.626. The van der Waals surface area contributed by atoms with Crippen molar-refractivity contribution < 1.29 is 0 Å². The lowest BCUT2D eigenvalue weighted by atomic mass is 9.98. The average molecular weight is 207 g/mol. The molecule has 1 unspecified atom stereocenters. The van der Waals surface area contributed by atoms with Gasteiger partial charge in [-0.15, -0.1) is 12.3 Å². The van der Waals surface area contributed by atoms with Gasteiger partial charge in [0.1, 0.15) is 0 Å². The van der Waals surface area contributed by atoms with E-state index in [1.807, 2.05) is 6.08 Å². The Bertz CT molecular complexity index is 209. The monoisotopic (exact) mass is 207 g/mol. The molecule has 1 atom stereocenters. The standard InChI is InChI=1S/C14H25N/c1-5-7-11-14(10-6-2)12-8-9-13-15(3)4/h6,9,12,14H,2,5,7,10-11,13H2,1,3-4H3. The topological polar surface area (TPSA) is 3.24 Å². The van der Waals surface area contributed by atoms with Crippen LogP contribution in [0.2, 0.25) is 0 Å². The highest BCUT2D eigenvalue weighted by molar-refractivity contribution is 4.93. The molecule has 0 aromatic heterocycles. The Labute approximate surface area is 95.2 Å². The number of nitrogens with zero attached hydrogens (tertiary/aromatic N) is 1. The number of likely N-dealkylation sites (N-methyl/N-ethyl adjacent to an activating group) is 1. The zero-order valence-electron chi connectivity index (χ0n) is 10.5. The molecule has 0 aromatic carbocycles. The summed E-state index contributed by atoms with van der Waals surface area (Å²) in [5, 5.41) is 0. The summed E-state index contributed by atoms with van der Waals surface area (Å²) in [5.41, 5.74) is 3.27. The zero-order chi connectivity index (χ0) is 11.5. The van der Waals surface area contributed by atoms with Crippen LogP contribution in [0.4, 0.5) is 0 Å². The van der Waals surface area contributed by atoms with Crippen molar-refractivity contribution in [3.05, 3.63) is 30.5 Å². The second-order valence-corrected chi connectivity index (χ2v) is 4.23. The predicted octanol–water partition coefficient (Wildman–Crippen LogP) is 3.64. The van der Waals surface area contributed by atoms with Gasteiger partial charge in [-0.2, -0.15) is 0 Å². The molecule has 0 N–H and O–H groups in total. The third-order valence-electron chi connectivity index (χ3n) is 2.30. The van der Waals surface area contributed by atoms with E-state index in [1.54, 1.807) is 0 Å². The Morgan fingerprint density at radius 1 is 1.40 bits per heavy atom. The zero-order valence-corrected chi connectivity index (χ0v) is 10.5. The molecule has 0 bridgehead atoms. The quantitative estimate of drug-likeness (QED) is 0.434. The Hall–Kier alpha value is -0.780. The van der Waals surface area contributed by atoms with E-state index in [4.69, 9.17) is 0 Å². The highest BCUT2D eigenvalue weighted by atomic mass is 15.0. The SMILES string of the molecule is C=CCC(C=C=CCN(C)C)CCCC. The van der Waals surface area contributed by atoms with Gasteiger partial charge in [0.05, 0.1) is 0 Å². The molecule has 0 rings (SSSR count). The van der Waals surface area contributed by atoms with E-state index >= 15 is 0 Å². The summed E-state index contributed by atoms with van der Waals surface area (Å²) < 4.78 is 0. The number of unbranched alkanes of at least 4 members (excludes halogenated alkanes) is 1. The van der Waals surface area contributed by atoms with E-state index in [9.17, 15) is 0 Å². The summed E-state index contributed by atoms with van der Waals surface area (Å²) in [7, 11) is 4.13. The molecule has 0 heterocycles. The highest BCUT2D eigenvalue weighted by Gasteiger charge is 2.00. The maximum atomic E-state index is 3.80. The number of allylic oxidation sites excluding steroid dienone is 1. The van der Waals surface area contributed by atoms with Gasteiger partial charge in [-0.1, -0.05) is 25.8 Å². The van der Waals surface area contributed by atoms with Gasteiger partial charge in [-0.25, -0.2) is 0 Å². The minimum atomic E-state index is 0.626. The molecule has 0 saturated heterocycles. The Morgan fingerprint density at radius 3 is 2.67 bits per heavy atom. The first-order chi connectivity index (χ1) is 7.20. The van der Waals surface area contributed by atoms with Crippen LogP contribution in [0.1, 0.15) is 32.6 Å². The molecule has 1 nitrogen and oxygen atoms in total. The van der Waals surface area contributed by atoms with Gasteiger partial charge in [0.2, 0.25) is 0 Å². The van der Waals surface area contributed by atoms with Crippen molar-refractivity contribution in [1.82, 2.24) is 4.90 Å². The smallest absolute Gasteiger partial charge is 0.0232 e. The van der Waals surface area contributed by atoms with Gasteiger partial charge in [0.15, 0.2) is 0 Å².